The van der Waals surface area contributed by atoms with Gasteiger partial charge in [-0.1, -0.05) is 83.1 Å². The number of hydrogen-bond acceptors (Lipinski definition) is 1. The highest BCUT2D eigenvalue weighted by Gasteiger charge is 2.35. The van der Waals surface area contributed by atoms with Crippen molar-refractivity contribution in [2.45, 2.75) is 108 Å². The summed E-state index contributed by atoms with van der Waals surface area (Å²) in [5.74, 6) is 0.813. The molecule has 0 N–H and O–H groups in total. The molecule has 1 atom stereocenters. The Morgan fingerprint density at radius 2 is 1.02 bits per heavy atom. The van der Waals surface area contributed by atoms with E-state index in [0.29, 0.717) is 5.92 Å². The van der Waals surface area contributed by atoms with E-state index in [-0.39, 0.29) is 22.0 Å². The van der Waals surface area contributed by atoms with Crippen LogP contribution in [-0.2, 0) is 22.4 Å². The van der Waals surface area contributed by atoms with E-state index >= 15 is 0 Å². The van der Waals surface area contributed by atoms with E-state index in [0.717, 1.165) is 36.8 Å². The number of rotatable bonds is 12. The van der Waals surface area contributed by atoms with Gasteiger partial charge in [0, 0.05) is 0 Å². The highest BCUT2D eigenvalue weighted by Crippen LogP contribution is 2.44. The number of hydrogen-bond donors (Lipinski definition) is 0. The van der Waals surface area contributed by atoms with Crippen LogP contribution in [0, 0.1) is 0 Å². The Morgan fingerprint density at radius 1 is 0.610 bits per heavy atom. The maximum absolute atomic E-state index is 13.3. The molecule has 1 unspecified atom stereocenters. The molecule has 0 amide bonds. The van der Waals surface area contributed by atoms with Gasteiger partial charge in [0.25, 0.3) is 0 Å². The molecule has 6 heteroatoms. The third-order valence-electron chi connectivity index (χ3n) is 9.11. The zero-order valence-corrected chi connectivity index (χ0v) is 24.6. The lowest BCUT2D eigenvalue weighted by Crippen LogP contribution is -2.30. The van der Waals surface area contributed by atoms with Crippen molar-refractivity contribution in [3.05, 3.63) is 101 Å². The molecule has 1 nitrogen and oxygen atoms in total. The summed E-state index contributed by atoms with van der Waals surface area (Å²) < 4.78 is 69.7. The van der Waals surface area contributed by atoms with Gasteiger partial charge in [-0.05, 0) is 107 Å². The van der Waals surface area contributed by atoms with Crippen LogP contribution in [0.4, 0.5) is 22.0 Å². The predicted octanol–water partition coefficient (Wildman–Crippen LogP) is 11.0. The van der Waals surface area contributed by atoms with Crippen molar-refractivity contribution in [2.24, 2.45) is 0 Å². The molecule has 0 aromatic heterocycles. The van der Waals surface area contributed by atoms with Crippen LogP contribution in [0.25, 0.3) is 0 Å². The summed E-state index contributed by atoms with van der Waals surface area (Å²) in [7, 11) is 0. The van der Waals surface area contributed by atoms with Crippen molar-refractivity contribution >= 4 is 0 Å². The zero-order chi connectivity index (χ0) is 30.1. The van der Waals surface area contributed by atoms with E-state index in [1.54, 1.807) is 24.3 Å². The Balaban J connectivity index is 1.54. The maximum Gasteiger partial charge on any atom is 0.416 e. The van der Waals surface area contributed by atoms with Gasteiger partial charge in [0.15, 0.2) is 0 Å². The van der Waals surface area contributed by atoms with E-state index in [2.05, 4.69) is 63.6 Å². The van der Waals surface area contributed by atoms with Gasteiger partial charge in [-0.3, -0.25) is 0 Å². The van der Waals surface area contributed by atoms with Crippen molar-refractivity contribution in [3.8, 4) is 5.75 Å². The van der Waals surface area contributed by atoms with Gasteiger partial charge in [0.1, 0.15) is 5.75 Å². The Labute approximate surface area is 241 Å². The summed E-state index contributed by atoms with van der Waals surface area (Å²) in [4.78, 5) is 0. The third-order valence-corrected chi connectivity index (χ3v) is 9.11. The van der Waals surface area contributed by atoms with Crippen molar-refractivity contribution < 1.29 is 26.7 Å². The van der Waals surface area contributed by atoms with Crippen LogP contribution >= 0.6 is 0 Å². The van der Waals surface area contributed by atoms with Crippen LogP contribution in [0.15, 0.2) is 72.8 Å². The average molecular weight is 573 g/mol. The fourth-order valence-electron chi connectivity index (χ4n) is 5.65. The molecule has 0 aliphatic heterocycles. The highest BCUT2D eigenvalue weighted by molar-refractivity contribution is 5.35. The molecule has 222 valence electrons. The second-order valence-corrected chi connectivity index (χ2v) is 13.2. The molecule has 4 rings (SSSR count). The largest absolute Gasteiger partial charge is 0.435 e. The standard InChI is InChI=1S/C35H41F5O/c1-32(2,26-10-8-25(9-11-26)24-6-7-24)20-22-34(5,28-12-14-29(15-13-28)35(38,39)40)23-21-33(3,4)27-16-18-30(19-17-27)41-31(36)37/h8-19,24,31H,6-7,20-23H2,1-5H3. The van der Waals surface area contributed by atoms with Gasteiger partial charge in [-0.15, -0.1) is 0 Å². The molecule has 41 heavy (non-hydrogen) atoms. The summed E-state index contributed by atoms with van der Waals surface area (Å²) in [6.45, 7) is 7.96. The predicted molar refractivity (Wildman–Crippen MR) is 155 cm³/mol. The third kappa shape index (κ3) is 7.90. The van der Waals surface area contributed by atoms with Gasteiger partial charge in [0.2, 0.25) is 0 Å². The first-order chi connectivity index (χ1) is 19.1. The maximum atomic E-state index is 13.3. The quantitative estimate of drug-likeness (QED) is 0.196. The molecule has 1 aliphatic rings. The second kappa shape index (κ2) is 11.8. The van der Waals surface area contributed by atoms with Crippen molar-refractivity contribution in [1.82, 2.24) is 0 Å². The highest BCUT2D eigenvalue weighted by atomic mass is 19.4. The fraction of sp³-hybridized carbons (Fsp3) is 0.486. The fourth-order valence-corrected chi connectivity index (χ4v) is 5.65. The van der Waals surface area contributed by atoms with E-state index < -0.39 is 18.4 Å². The van der Waals surface area contributed by atoms with Gasteiger partial charge in [-0.25, -0.2) is 0 Å². The molecular formula is C35H41F5O. The Bertz CT molecular complexity index is 1270. The first kappa shape index (κ1) is 31.1. The number of benzene rings is 3. The Kier molecular flexibility index (Phi) is 8.92. The number of alkyl halides is 5. The lowest BCUT2D eigenvalue weighted by Gasteiger charge is -2.38. The minimum atomic E-state index is -4.38. The van der Waals surface area contributed by atoms with Crippen molar-refractivity contribution in [1.29, 1.82) is 0 Å². The molecule has 0 saturated heterocycles. The molecule has 1 saturated carbocycles. The molecule has 0 bridgehead atoms. The second-order valence-electron chi connectivity index (χ2n) is 13.2. The monoisotopic (exact) mass is 572 g/mol. The lowest BCUT2D eigenvalue weighted by atomic mass is 9.67. The number of halogens is 5. The van der Waals surface area contributed by atoms with Crippen LogP contribution in [0.5, 0.6) is 5.75 Å². The molecule has 1 aliphatic carbocycles. The van der Waals surface area contributed by atoms with E-state index in [1.165, 1.54) is 36.1 Å². The van der Waals surface area contributed by atoms with Gasteiger partial charge in [0.05, 0.1) is 5.56 Å². The topological polar surface area (TPSA) is 9.23 Å². The van der Waals surface area contributed by atoms with Crippen LogP contribution in [0.3, 0.4) is 0 Å². The van der Waals surface area contributed by atoms with E-state index in [4.69, 9.17) is 0 Å². The molecule has 3 aromatic rings. The van der Waals surface area contributed by atoms with Crippen molar-refractivity contribution in [2.75, 3.05) is 0 Å². The minimum absolute atomic E-state index is 0.106. The molecule has 0 heterocycles. The summed E-state index contributed by atoms with van der Waals surface area (Å²) in [5.41, 5.74) is 3.14. The average Bonchev–Trinajstić information content (AvgIpc) is 3.76. The van der Waals surface area contributed by atoms with Crippen LogP contribution in [-0.4, -0.2) is 6.61 Å². The van der Waals surface area contributed by atoms with Gasteiger partial charge < -0.3 is 4.74 Å². The molecule has 3 aromatic carbocycles. The summed E-state index contributed by atoms with van der Waals surface area (Å²) in [6.07, 6.45) is 1.32. The SMILES string of the molecule is CC(C)(CCC(C)(CCC(C)(C)c1ccc(C2CC2)cc1)c1ccc(C(F)(F)F)cc1)c1ccc(OC(F)F)cc1. The van der Waals surface area contributed by atoms with Crippen LogP contribution in [0.1, 0.15) is 107 Å². The Morgan fingerprint density at radius 3 is 1.44 bits per heavy atom. The summed E-state index contributed by atoms with van der Waals surface area (Å²) >= 11 is 0. The Hall–Kier alpha value is -2.89. The van der Waals surface area contributed by atoms with E-state index in [1.807, 2.05) is 12.1 Å². The van der Waals surface area contributed by atoms with Crippen LogP contribution in [0.2, 0.25) is 0 Å². The smallest absolute Gasteiger partial charge is 0.416 e. The number of ether oxygens (including phenoxy) is 1. The molecule has 0 spiro atoms. The minimum Gasteiger partial charge on any atom is -0.435 e. The van der Waals surface area contributed by atoms with Gasteiger partial charge in [-0.2, -0.15) is 22.0 Å². The van der Waals surface area contributed by atoms with Crippen molar-refractivity contribution in [3.63, 3.8) is 0 Å². The first-order valence-electron chi connectivity index (χ1n) is 14.4. The summed E-state index contributed by atoms with van der Waals surface area (Å²) in [5, 5.41) is 0. The van der Waals surface area contributed by atoms with E-state index in [9.17, 15) is 22.0 Å². The molecular weight excluding hydrogens is 531 g/mol. The molecule has 0 radical (unpaired) electrons. The normalized spacial score (nSPS) is 16.1. The van der Waals surface area contributed by atoms with Crippen LogP contribution < -0.4 is 4.74 Å². The summed E-state index contributed by atoms with van der Waals surface area (Å²) in [6, 6.07) is 21.3. The molecule has 1 fully saturated rings. The lowest BCUT2D eigenvalue weighted by molar-refractivity contribution is -0.137. The van der Waals surface area contributed by atoms with Gasteiger partial charge >= 0.3 is 12.8 Å². The zero-order valence-electron chi connectivity index (χ0n) is 24.6. The first-order valence-corrected chi connectivity index (χ1v) is 14.4.